The Morgan fingerprint density at radius 1 is 1.25 bits per heavy atom. The number of carbonyl (C=O) groups excluding carboxylic acids is 3. The molecule has 0 bridgehead atoms. The third-order valence-corrected chi connectivity index (χ3v) is 8.57. The van der Waals surface area contributed by atoms with Crippen molar-refractivity contribution in [1.82, 2.24) is 0 Å². The summed E-state index contributed by atoms with van der Waals surface area (Å²) in [6.45, 7) is 5.37. The van der Waals surface area contributed by atoms with Crippen molar-refractivity contribution in [1.29, 1.82) is 0 Å². The molecule has 174 valence electrons. The lowest BCUT2D eigenvalue weighted by atomic mass is 9.42. The van der Waals surface area contributed by atoms with E-state index in [1.165, 1.54) is 13.8 Å². The number of ether oxygens (including phenoxy) is 4. The van der Waals surface area contributed by atoms with Gasteiger partial charge in [0.1, 0.15) is 24.4 Å². The quantitative estimate of drug-likeness (QED) is 0.394. The van der Waals surface area contributed by atoms with Crippen molar-refractivity contribution in [3.05, 3.63) is 24.2 Å². The maximum atomic E-state index is 13.7. The maximum absolute atomic E-state index is 13.7. The molecule has 4 fully saturated rings. The SMILES string of the molecule is CC(=O)OC[C@@]12[C@H](OC(C)=O)C[C@@H](C)[C@]3(C[C@@H](c4ccoc4)OC3=O)[C@@H]1CCC[C@]21CO1. The average Bonchev–Trinajstić information content (AvgIpc) is 3.16. The highest BCUT2D eigenvalue weighted by atomic mass is 16.6. The van der Waals surface area contributed by atoms with Crippen molar-refractivity contribution < 1.29 is 37.7 Å². The molecule has 8 heteroatoms. The molecule has 0 amide bonds. The first-order valence-corrected chi connectivity index (χ1v) is 11.4. The highest BCUT2D eigenvalue weighted by Crippen LogP contribution is 2.71. The van der Waals surface area contributed by atoms with Crippen molar-refractivity contribution >= 4 is 17.9 Å². The van der Waals surface area contributed by atoms with Crippen molar-refractivity contribution in [2.75, 3.05) is 13.2 Å². The topological polar surface area (TPSA) is 105 Å². The van der Waals surface area contributed by atoms with E-state index in [0.29, 0.717) is 19.4 Å². The lowest BCUT2D eigenvalue weighted by molar-refractivity contribution is -0.228. The number of fused-ring (bicyclic) bond motifs is 3. The summed E-state index contributed by atoms with van der Waals surface area (Å²) in [5.74, 6) is -1.30. The van der Waals surface area contributed by atoms with Gasteiger partial charge < -0.3 is 23.4 Å². The van der Waals surface area contributed by atoms with Crippen LogP contribution in [0.15, 0.2) is 23.0 Å². The number of cyclic esters (lactones) is 1. The lowest BCUT2D eigenvalue weighted by Gasteiger charge is -2.61. The van der Waals surface area contributed by atoms with E-state index in [2.05, 4.69) is 0 Å². The summed E-state index contributed by atoms with van der Waals surface area (Å²) in [4.78, 5) is 37.7. The van der Waals surface area contributed by atoms with Crippen molar-refractivity contribution in [2.45, 2.75) is 70.7 Å². The smallest absolute Gasteiger partial charge is 0.313 e. The van der Waals surface area contributed by atoms with Crippen LogP contribution in [0.5, 0.6) is 0 Å². The summed E-state index contributed by atoms with van der Waals surface area (Å²) in [5.41, 5.74) is -1.30. The Balaban J connectivity index is 1.62. The molecule has 2 saturated heterocycles. The van der Waals surface area contributed by atoms with E-state index < -0.39 is 34.6 Å². The van der Waals surface area contributed by atoms with E-state index in [0.717, 1.165) is 24.8 Å². The van der Waals surface area contributed by atoms with E-state index >= 15 is 0 Å². The van der Waals surface area contributed by atoms with Crippen molar-refractivity contribution in [3.8, 4) is 0 Å². The predicted molar refractivity (Wildman–Crippen MR) is 109 cm³/mol. The van der Waals surface area contributed by atoms with Gasteiger partial charge in [0.2, 0.25) is 0 Å². The average molecular weight is 446 g/mol. The second kappa shape index (κ2) is 7.33. The Kier molecular flexibility index (Phi) is 4.93. The second-order valence-corrected chi connectivity index (χ2v) is 9.98. The van der Waals surface area contributed by atoms with Gasteiger partial charge in [0.05, 0.1) is 30.0 Å². The molecule has 2 aliphatic carbocycles. The van der Waals surface area contributed by atoms with Crippen LogP contribution in [-0.2, 0) is 33.3 Å². The minimum Gasteiger partial charge on any atom is -0.472 e. The van der Waals surface area contributed by atoms with Gasteiger partial charge in [0, 0.05) is 25.8 Å². The summed E-state index contributed by atoms with van der Waals surface area (Å²) in [5, 5.41) is 0. The molecule has 32 heavy (non-hydrogen) atoms. The van der Waals surface area contributed by atoms with Crippen molar-refractivity contribution in [3.63, 3.8) is 0 Å². The van der Waals surface area contributed by atoms with Gasteiger partial charge in [-0.2, -0.15) is 0 Å². The van der Waals surface area contributed by atoms with Crippen LogP contribution in [0.2, 0.25) is 0 Å². The molecule has 0 N–H and O–H groups in total. The number of hydrogen-bond donors (Lipinski definition) is 0. The van der Waals surface area contributed by atoms with Crippen LogP contribution in [0.4, 0.5) is 0 Å². The third-order valence-electron chi connectivity index (χ3n) is 8.57. The number of furan rings is 1. The van der Waals surface area contributed by atoms with Gasteiger partial charge in [-0.25, -0.2) is 0 Å². The summed E-state index contributed by atoms with van der Waals surface area (Å²) in [6.07, 6.45) is 5.72. The van der Waals surface area contributed by atoms with Gasteiger partial charge >= 0.3 is 17.9 Å². The fraction of sp³-hybridized carbons (Fsp3) is 0.708. The van der Waals surface area contributed by atoms with Crippen LogP contribution >= 0.6 is 0 Å². The standard InChI is InChI=1S/C24H30O8/c1-14-9-20(31-16(3)26)24(13-29-15(2)25)19(5-4-7-22(24)12-30-22)23(14)10-18(32-21(23)27)17-6-8-28-11-17/h6,8,11,14,18-20H,4-5,7,9-10,12-13H2,1-3H3/t14-,18+,19+,20-,22+,23-,24+/m1/s1. The van der Waals surface area contributed by atoms with E-state index in [9.17, 15) is 14.4 Å². The van der Waals surface area contributed by atoms with E-state index in [1.54, 1.807) is 12.5 Å². The van der Waals surface area contributed by atoms with Crippen LogP contribution < -0.4 is 0 Å². The molecular weight excluding hydrogens is 416 g/mol. The summed E-state index contributed by atoms with van der Waals surface area (Å²) >= 11 is 0. The zero-order valence-electron chi connectivity index (χ0n) is 18.8. The Morgan fingerprint density at radius 2 is 2.03 bits per heavy atom. The number of carbonyl (C=O) groups is 3. The van der Waals surface area contributed by atoms with Crippen LogP contribution in [0.3, 0.4) is 0 Å². The van der Waals surface area contributed by atoms with Gasteiger partial charge in [-0.3, -0.25) is 14.4 Å². The monoisotopic (exact) mass is 446 g/mol. The zero-order valence-corrected chi connectivity index (χ0v) is 18.8. The Morgan fingerprint density at radius 3 is 2.66 bits per heavy atom. The number of epoxide rings is 1. The highest BCUT2D eigenvalue weighted by Gasteiger charge is 2.78. The molecule has 0 radical (unpaired) electrons. The highest BCUT2D eigenvalue weighted by molar-refractivity contribution is 5.81. The van der Waals surface area contributed by atoms with Gasteiger partial charge in [0.15, 0.2) is 0 Å². The molecule has 2 saturated carbocycles. The van der Waals surface area contributed by atoms with Crippen LogP contribution in [0.1, 0.15) is 64.5 Å². The zero-order chi connectivity index (χ0) is 22.7. The van der Waals surface area contributed by atoms with Crippen LogP contribution in [0, 0.1) is 22.7 Å². The largest absolute Gasteiger partial charge is 0.472 e. The summed E-state index contributed by atoms with van der Waals surface area (Å²) in [6, 6.07) is 1.82. The second-order valence-electron chi connectivity index (χ2n) is 9.98. The van der Waals surface area contributed by atoms with E-state index in [-0.39, 0.29) is 30.4 Å². The van der Waals surface area contributed by atoms with Crippen molar-refractivity contribution in [2.24, 2.45) is 22.7 Å². The fourth-order valence-corrected chi connectivity index (χ4v) is 7.12. The lowest BCUT2D eigenvalue weighted by Crippen LogP contribution is -2.68. The van der Waals surface area contributed by atoms with E-state index in [4.69, 9.17) is 23.4 Å². The molecule has 5 rings (SSSR count). The minimum absolute atomic E-state index is 0.0586. The Hall–Kier alpha value is -2.35. The first-order chi connectivity index (χ1) is 15.2. The molecule has 2 spiro atoms. The van der Waals surface area contributed by atoms with Gasteiger partial charge in [-0.05, 0) is 37.2 Å². The van der Waals surface area contributed by atoms with Crippen LogP contribution in [-0.4, -0.2) is 42.8 Å². The third kappa shape index (κ3) is 2.87. The normalized spacial score (nSPS) is 42.4. The molecule has 3 heterocycles. The number of rotatable bonds is 4. The van der Waals surface area contributed by atoms with E-state index in [1.807, 2.05) is 13.0 Å². The van der Waals surface area contributed by atoms with Crippen LogP contribution in [0.25, 0.3) is 0 Å². The number of hydrogen-bond acceptors (Lipinski definition) is 8. The molecule has 1 aromatic heterocycles. The molecule has 2 aliphatic heterocycles. The molecule has 0 aromatic carbocycles. The molecular formula is C24H30O8. The molecule has 1 aromatic rings. The van der Waals surface area contributed by atoms with Gasteiger partial charge in [-0.15, -0.1) is 0 Å². The molecule has 4 aliphatic rings. The summed E-state index contributed by atoms with van der Waals surface area (Å²) < 4.78 is 28.8. The first-order valence-electron chi connectivity index (χ1n) is 11.4. The Labute approximate surface area is 186 Å². The predicted octanol–water partition coefficient (Wildman–Crippen LogP) is 3.34. The fourth-order valence-electron chi connectivity index (χ4n) is 7.12. The molecule has 0 unspecified atom stereocenters. The molecule has 8 nitrogen and oxygen atoms in total. The maximum Gasteiger partial charge on any atom is 0.313 e. The Bertz CT molecular complexity index is 918. The first kappa shape index (κ1) is 21.5. The molecule has 7 atom stereocenters. The van der Waals surface area contributed by atoms with Gasteiger partial charge in [0.25, 0.3) is 0 Å². The summed E-state index contributed by atoms with van der Waals surface area (Å²) in [7, 11) is 0. The number of esters is 3. The van der Waals surface area contributed by atoms with Gasteiger partial charge in [-0.1, -0.05) is 13.3 Å². The minimum atomic E-state index is -0.792.